The minimum absolute atomic E-state index is 0.0364. The molecule has 3 aliphatic carbocycles. The number of hydroxylamine groups is 2. The van der Waals surface area contributed by atoms with Crippen LogP contribution in [0.5, 0.6) is 5.75 Å². The van der Waals surface area contributed by atoms with Crippen LogP contribution in [0.2, 0.25) is 0 Å². The Balaban J connectivity index is 1.25. The lowest BCUT2D eigenvalue weighted by atomic mass is 9.45. The van der Waals surface area contributed by atoms with Gasteiger partial charge in [-0.15, -0.1) is 0 Å². The molecule has 0 aromatic heterocycles. The number of aliphatic hydroxyl groups excluding tert-OH is 2. The fraction of sp³-hybridized carbons (Fsp3) is 0.524. The topological polar surface area (TPSA) is 150 Å². The standard InChI is InChI=1S/C42H57N5O6/c1-24-34-20-30(42(34,3)4)21-35(24)45-41(51)38-37(25(2)49)36(23-48)53-47(38)22-27-11-9-13-33(39(27)52-7)28-17-29(19-32(18-28)46(5)6)40(50)44-15-14-26-10-8-12-31(43)16-26/h8-13,16-19,24-25,30,34-38,48-49H,14-15,20-23,43H2,1-7H3,(H,44,50)(H,45,51)/t24-,25-,30+,34-,35-,36-,37+,38-/m0/s1. The van der Waals surface area contributed by atoms with Crippen molar-refractivity contribution in [3.05, 3.63) is 77.4 Å². The first-order valence-corrected chi connectivity index (χ1v) is 18.9. The summed E-state index contributed by atoms with van der Waals surface area (Å²) in [4.78, 5) is 35.9. The third kappa shape index (κ3) is 7.76. The Bertz CT molecular complexity index is 1800. The molecule has 4 fully saturated rings. The summed E-state index contributed by atoms with van der Waals surface area (Å²) in [5.41, 5.74) is 11.6. The molecule has 2 amide bonds. The highest BCUT2D eigenvalue weighted by atomic mass is 16.7. The van der Waals surface area contributed by atoms with Gasteiger partial charge in [0.25, 0.3) is 5.91 Å². The van der Waals surface area contributed by atoms with E-state index >= 15 is 0 Å². The third-order valence-corrected chi connectivity index (χ3v) is 12.3. The van der Waals surface area contributed by atoms with Crippen LogP contribution in [-0.2, 0) is 22.6 Å². The summed E-state index contributed by atoms with van der Waals surface area (Å²) in [6.45, 7) is 8.82. The Morgan fingerprint density at radius 3 is 2.51 bits per heavy atom. The first-order chi connectivity index (χ1) is 25.2. The lowest BCUT2D eigenvalue weighted by molar-refractivity contribution is -0.183. The SMILES string of the molecule is COc1c(CN2O[C@@H](CO)[C@@H]([C@H](C)O)[C@H]2C(=O)N[C@H]2C[C@H]3C[C@@H]([C@@H]2C)C3(C)C)cccc1-c1cc(C(=O)NCCc2cccc(N)c2)cc(N(C)C)c1. The molecule has 1 heterocycles. The van der Waals surface area contributed by atoms with Gasteiger partial charge < -0.3 is 36.2 Å². The summed E-state index contributed by atoms with van der Waals surface area (Å²) in [6.07, 6.45) is 1.12. The predicted octanol–water partition coefficient (Wildman–Crippen LogP) is 4.64. The van der Waals surface area contributed by atoms with E-state index in [0.29, 0.717) is 47.7 Å². The van der Waals surface area contributed by atoms with Gasteiger partial charge >= 0.3 is 0 Å². The van der Waals surface area contributed by atoms with Gasteiger partial charge in [-0.2, -0.15) is 5.06 Å². The molecule has 2 bridgehead atoms. The zero-order chi connectivity index (χ0) is 38.2. The molecule has 0 radical (unpaired) electrons. The Morgan fingerprint density at radius 2 is 1.87 bits per heavy atom. The van der Waals surface area contributed by atoms with Crippen LogP contribution in [0.25, 0.3) is 11.1 Å². The minimum atomic E-state index is -0.901. The monoisotopic (exact) mass is 727 g/mol. The number of aliphatic hydroxyl groups is 2. The van der Waals surface area contributed by atoms with E-state index < -0.39 is 24.2 Å². The molecular weight excluding hydrogens is 670 g/mol. The van der Waals surface area contributed by atoms with Crippen molar-refractivity contribution in [2.75, 3.05) is 45.0 Å². The average Bonchev–Trinajstić information content (AvgIpc) is 3.50. The molecule has 286 valence electrons. The number of fused-ring (bicyclic) bond motifs is 2. The number of rotatable bonds is 13. The van der Waals surface area contributed by atoms with E-state index in [1.807, 2.05) is 79.7 Å². The number of carbonyl (C=O) groups is 2. The van der Waals surface area contributed by atoms with E-state index in [-0.39, 0.29) is 36.4 Å². The largest absolute Gasteiger partial charge is 0.496 e. The van der Waals surface area contributed by atoms with Crippen molar-refractivity contribution < 1.29 is 29.4 Å². The van der Waals surface area contributed by atoms with E-state index in [0.717, 1.165) is 34.4 Å². The summed E-state index contributed by atoms with van der Waals surface area (Å²) < 4.78 is 6.05. The van der Waals surface area contributed by atoms with Gasteiger partial charge in [0.1, 0.15) is 17.9 Å². The van der Waals surface area contributed by atoms with Crippen LogP contribution >= 0.6 is 0 Å². The molecule has 4 aliphatic rings. The van der Waals surface area contributed by atoms with E-state index in [9.17, 15) is 19.8 Å². The number of hydrogen-bond donors (Lipinski definition) is 5. The average molecular weight is 728 g/mol. The number of nitrogens with zero attached hydrogens (tertiary/aromatic N) is 2. The van der Waals surface area contributed by atoms with E-state index in [1.54, 1.807) is 19.1 Å². The van der Waals surface area contributed by atoms with Crippen molar-refractivity contribution in [3.63, 3.8) is 0 Å². The molecule has 11 heteroatoms. The fourth-order valence-corrected chi connectivity index (χ4v) is 9.16. The van der Waals surface area contributed by atoms with Crippen molar-refractivity contribution in [1.29, 1.82) is 0 Å². The molecule has 0 unspecified atom stereocenters. The number of amides is 2. The van der Waals surface area contributed by atoms with Crippen LogP contribution in [0.3, 0.4) is 0 Å². The number of methoxy groups -OCH3 is 1. The number of nitrogen functional groups attached to an aromatic ring is 1. The molecule has 3 aromatic carbocycles. The molecule has 11 nitrogen and oxygen atoms in total. The van der Waals surface area contributed by atoms with Crippen LogP contribution in [0.1, 0.15) is 62.0 Å². The van der Waals surface area contributed by atoms with Crippen LogP contribution in [0.15, 0.2) is 60.7 Å². The molecule has 53 heavy (non-hydrogen) atoms. The molecule has 6 N–H and O–H groups in total. The molecule has 3 aromatic rings. The minimum Gasteiger partial charge on any atom is -0.496 e. The molecule has 1 saturated heterocycles. The van der Waals surface area contributed by atoms with Crippen molar-refractivity contribution in [3.8, 4) is 16.9 Å². The van der Waals surface area contributed by atoms with Gasteiger partial charge in [0.05, 0.1) is 26.4 Å². The Hall–Kier alpha value is -4.16. The van der Waals surface area contributed by atoms with Crippen LogP contribution in [0.4, 0.5) is 11.4 Å². The second-order valence-corrected chi connectivity index (χ2v) is 16.1. The van der Waals surface area contributed by atoms with Gasteiger partial charge in [0, 0.05) is 60.7 Å². The maximum Gasteiger partial charge on any atom is 0.251 e. The lowest BCUT2D eigenvalue weighted by Crippen LogP contribution is -2.62. The van der Waals surface area contributed by atoms with E-state index in [1.165, 1.54) is 6.42 Å². The fourth-order valence-electron chi connectivity index (χ4n) is 9.16. The van der Waals surface area contributed by atoms with E-state index in [2.05, 4.69) is 31.4 Å². The Morgan fingerprint density at radius 1 is 1.11 bits per heavy atom. The van der Waals surface area contributed by atoms with Crippen LogP contribution < -0.4 is 26.0 Å². The van der Waals surface area contributed by atoms with Gasteiger partial charge in [-0.25, -0.2) is 0 Å². The summed E-state index contributed by atoms with van der Waals surface area (Å²) in [5.74, 6) is 0.988. The van der Waals surface area contributed by atoms with Gasteiger partial charge in [-0.1, -0.05) is 51.1 Å². The quantitative estimate of drug-likeness (QED) is 0.159. The number of nitrogens with two attached hydrogens (primary N) is 1. The highest BCUT2D eigenvalue weighted by Gasteiger charge is 2.57. The number of para-hydroxylation sites is 1. The van der Waals surface area contributed by atoms with Crippen molar-refractivity contribution >= 4 is 23.2 Å². The molecule has 1 aliphatic heterocycles. The summed E-state index contributed by atoms with van der Waals surface area (Å²) in [5, 5.41) is 29.2. The van der Waals surface area contributed by atoms with Gasteiger partial charge in [0.2, 0.25) is 5.91 Å². The summed E-state index contributed by atoms with van der Waals surface area (Å²) in [7, 11) is 5.46. The first-order valence-electron chi connectivity index (χ1n) is 18.9. The Labute approximate surface area is 313 Å². The first kappa shape index (κ1) is 38.6. The van der Waals surface area contributed by atoms with Crippen molar-refractivity contribution in [1.82, 2.24) is 15.7 Å². The van der Waals surface area contributed by atoms with Crippen molar-refractivity contribution in [2.45, 2.75) is 77.8 Å². The normalized spacial score (nSPS) is 26.7. The number of benzene rings is 3. The highest BCUT2D eigenvalue weighted by Crippen LogP contribution is 2.61. The van der Waals surface area contributed by atoms with Crippen LogP contribution in [0, 0.1) is 29.1 Å². The summed E-state index contributed by atoms with van der Waals surface area (Å²) >= 11 is 0. The maximum absolute atomic E-state index is 14.2. The van der Waals surface area contributed by atoms with Gasteiger partial charge in [-0.05, 0) is 90.8 Å². The lowest BCUT2D eigenvalue weighted by Gasteiger charge is -2.62. The number of nitrogens with one attached hydrogen (secondary N) is 2. The van der Waals surface area contributed by atoms with Gasteiger partial charge in [-0.3, -0.25) is 14.4 Å². The molecule has 7 rings (SSSR count). The molecule has 0 spiro atoms. The van der Waals surface area contributed by atoms with Crippen LogP contribution in [-0.4, -0.2) is 85.7 Å². The Kier molecular flexibility index (Phi) is 11.4. The maximum atomic E-state index is 14.2. The second-order valence-electron chi connectivity index (χ2n) is 16.1. The molecule has 8 atom stereocenters. The number of hydrogen-bond acceptors (Lipinski definition) is 9. The molecule has 3 saturated carbocycles. The second kappa shape index (κ2) is 15.7. The predicted molar refractivity (Wildman–Crippen MR) is 207 cm³/mol. The zero-order valence-electron chi connectivity index (χ0n) is 32.1. The number of ether oxygens (including phenoxy) is 1. The smallest absolute Gasteiger partial charge is 0.251 e. The van der Waals surface area contributed by atoms with E-state index in [4.69, 9.17) is 15.3 Å². The number of carbonyl (C=O) groups excluding carboxylic acids is 2. The third-order valence-electron chi connectivity index (χ3n) is 12.3. The van der Waals surface area contributed by atoms with Gasteiger partial charge in [0.15, 0.2) is 0 Å². The zero-order valence-corrected chi connectivity index (χ0v) is 32.1. The van der Waals surface area contributed by atoms with Crippen molar-refractivity contribution in [2.24, 2.45) is 29.1 Å². The molecular formula is C42H57N5O6. The highest BCUT2D eigenvalue weighted by molar-refractivity contribution is 5.97. The number of anilines is 2. The summed E-state index contributed by atoms with van der Waals surface area (Å²) in [6, 6.07) is 18.4.